The summed E-state index contributed by atoms with van der Waals surface area (Å²) in [4.78, 5) is 11.0. The number of carbonyl (C=O) groups excluding carboxylic acids is 1. The smallest absolute Gasteiger partial charge is 0.248 e. The van der Waals surface area contributed by atoms with Crippen molar-refractivity contribution in [3.63, 3.8) is 0 Å². The van der Waals surface area contributed by atoms with Gasteiger partial charge in [-0.2, -0.15) is 0 Å². The Bertz CT molecular complexity index is 591. The molecule has 20 heavy (non-hydrogen) atoms. The van der Waals surface area contributed by atoms with Gasteiger partial charge in [0.25, 0.3) is 0 Å². The van der Waals surface area contributed by atoms with Gasteiger partial charge < -0.3 is 15.2 Å². The average Bonchev–Trinajstić information content (AvgIpc) is 2.39. The maximum atomic E-state index is 11.0. The Morgan fingerprint density at radius 1 is 1.00 bits per heavy atom. The van der Waals surface area contributed by atoms with Crippen LogP contribution in [0.5, 0.6) is 17.2 Å². The lowest BCUT2D eigenvalue weighted by Crippen LogP contribution is -2.10. The van der Waals surface area contributed by atoms with Gasteiger partial charge in [0.15, 0.2) is 0 Å². The predicted molar refractivity (Wildman–Crippen MR) is 77.2 cm³/mol. The highest BCUT2D eigenvalue weighted by atomic mass is 16.5. The molecule has 0 saturated heterocycles. The zero-order chi connectivity index (χ0) is 14.5. The van der Waals surface area contributed by atoms with Crippen LogP contribution in [-0.4, -0.2) is 12.0 Å². The van der Waals surface area contributed by atoms with Gasteiger partial charge in [-0.15, -0.1) is 0 Å². The number of benzene rings is 2. The van der Waals surface area contributed by atoms with Gasteiger partial charge in [0.2, 0.25) is 5.91 Å². The predicted octanol–water partition coefficient (Wildman–Crippen LogP) is 3.37. The van der Waals surface area contributed by atoms with Crippen LogP contribution in [0.25, 0.3) is 0 Å². The molecule has 0 aliphatic rings. The standard InChI is InChI=1S/C16H17NO3/c1-11(2)19-14-4-3-5-15(10-14)20-13-8-6-12(7-9-13)16(17)18/h3-11H,1-2H3,(H2,17,18). The van der Waals surface area contributed by atoms with Crippen molar-refractivity contribution < 1.29 is 14.3 Å². The maximum absolute atomic E-state index is 11.0. The lowest BCUT2D eigenvalue weighted by molar-refractivity contribution is 0.100. The summed E-state index contributed by atoms with van der Waals surface area (Å²) < 4.78 is 11.3. The zero-order valence-corrected chi connectivity index (χ0v) is 11.5. The summed E-state index contributed by atoms with van der Waals surface area (Å²) >= 11 is 0. The Balaban J connectivity index is 2.11. The first kappa shape index (κ1) is 13.9. The van der Waals surface area contributed by atoms with E-state index in [1.54, 1.807) is 24.3 Å². The Hall–Kier alpha value is -2.49. The minimum atomic E-state index is -0.455. The quantitative estimate of drug-likeness (QED) is 0.907. The summed E-state index contributed by atoms with van der Waals surface area (Å²) in [6.45, 7) is 3.94. The molecule has 2 rings (SSSR count). The number of carbonyl (C=O) groups is 1. The van der Waals surface area contributed by atoms with Crippen molar-refractivity contribution in [2.45, 2.75) is 20.0 Å². The van der Waals surface area contributed by atoms with Crippen molar-refractivity contribution in [1.82, 2.24) is 0 Å². The van der Waals surface area contributed by atoms with E-state index in [4.69, 9.17) is 15.2 Å². The molecule has 0 heterocycles. The first-order valence-corrected chi connectivity index (χ1v) is 6.39. The van der Waals surface area contributed by atoms with Gasteiger partial charge in [-0.05, 0) is 50.2 Å². The summed E-state index contributed by atoms with van der Waals surface area (Å²) in [5.74, 6) is 1.61. The normalized spacial score (nSPS) is 10.3. The molecule has 0 unspecified atom stereocenters. The van der Waals surface area contributed by atoms with Gasteiger partial charge in [0.1, 0.15) is 17.2 Å². The first-order chi connectivity index (χ1) is 9.54. The lowest BCUT2D eigenvalue weighted by atomic mass is 10.2. The topological polar surface area (TPSA) is 61.6 Å². The fourth-order valence-electron chi connectivity index (χ4n) is 1.71. The van der Waals surface area contributed by atoms with E-state index in [-0.39, 0.29) is 6.10 Å². The van der Waals surface area contributed by atoms with E-state index in [9.17, 15) is 4.79 Å². The molecule has 0 aliphatic carbocycles. The van der Waals surface area contributed by atoms with Crippen molar-refractivity contribution in [2.75, 3.05) is 0 Å². The minimum absolute atomic E-state index is 0.111. The summed E-state index contributed by atoms with van der Waals surface area (Å²) in [6, 6.07) is 14.1. The number of rotatable bonds is 5. The molecular formula is C16H17NO3. The van der Waals surface area contributed by atoms with Crippen LogP contribution in [-0.2, 0) is 0 Å². The number of hydrogen-bond acceptors (Lipinski definition) is 3. The number of primary amides is 1. The molecule has 0 saturated carbocycles. The van der Waals surface area contributed by atoms with E-state index in [0.717, 1.165) is 5.75 Å². The number of hydrogen-bond donors (Lipinski definition) is 1. The molecular weight excluding hydrogens is 254 g/mol. The van der Waals surface area contributed by atoms with Crippen LogP contribution in [0.2, 0.25) is 0 Å². The average molecular weight is 271 g/mol. The molecule has 0 atom stereocenters. The Morgan fingerprint density at radius 3 is 2.25 bits per heavy atom. The van der Waals surface area contributed by atoms with Crippen LogP contribution in [0.15, 0.2) is 48.5 Å². The van der Waals surface area contributed by atoms with Crippen LogP contribution in [0.4, 0.5) is 0 Å². The molecule has 0 radical (unpaired) electrons. The van der Waals surface area contributed by atoms with Gasteiger partial charge >= 0.3 is 0 Å². The van der Waals surface area contributed by atoms with Crippen molar-refractivity contribution in [2.24, 2.45) is 5.73 Å². The molecule has 0 aliphatic heterocycles. The summed E-state index contributed by atoms with van der Waals surface area (Å²) in [5, 5.41) is 0. The van der Waals surface area contributed by atoms with Gasteiger partial charge in [-0.3, -0.25) is 4.79 Å². The third kappa shape index (κ3) is 3.75. The molecule has 2 N–H and O–H groups in total. The summed E-state index contributed by atoms with van der Waals surface area (Å²) in [5.41, 5.74) is 5.64. The van der Waals surface area contributed by atoms with Crippen molar-refractivity contribution in [3.8, 4) is 17.2 Å². The first-order valence-electron chi connectivity index (χ1n) is 6.39. The molecule has 104 valence electrons. The number of ether oxygens (including phenoxy) is 2. The summed E-state index contributed by atoms with van der Waals surface area (Å²) in [6.07, 6.45) is 0.111. The van der Waals surface area contributed by atoms with Crippen LogP contribution in [0.1, 0.15) is 24.2 Å². The Kier molecular flexibility index (Phi) is 4.25. The van der Waals surface area contributed by atoms with Gasteiger partial charge in [0, 0.05) is 11.6 Å². The molecule has 0 spiro atoms. The molecule has 0 fully saturated rings. The molecule has 4 nitrogen and oxygen atoms in total. The Labute approximate surface area is 118 Å². The fourth-order valence-corrected chi connectivity index (χ4v) is 1.71. The second-order valence-electron chi connectivity index (χ2n) is 4.63. The zero-order valence-electron chi connectivity index (χ0n) is 11.5. The highest BCUT2D eigenvalue weighted by Gasteiger charge is 2.03. The Morgan fingerprint density at radius 2 is 1.65 bits per heavy atom. The van der Waals surface area contributed by atoms with Crippen LogP contribution >= 0.6 is 0 Å². The van der Waals surface area contributed by atoms with E-state index < -0.39 is 5.91 Å². The third-order valence-electron chi connectivity index (χ3n) is 2.55. The van der Waals surface area contributed by atoms with Crippen molar-refractivity contribution in [3.05, 3.63) is 54.1 Å². The summed E-state index contributed by atoms with van der Waals surface area (Å²) in [7, 11) is 0. The highest BCUT2D eigenvalue weighted by molar-refractivity contribution is 5.92. The van der Waals surface area contributed by atoms with Crippen molar-refractivity contribution >= 4 is 5.91 Å². The van der Waals surface area contributed by atoms with Crippen molar-refractivity contribution in [1.29, 1.82) is 0 Å². The van der Waals surface area contributed by atoms with Crippen LogP contribution in [0, 0.1) is 0 Å². The maximum Gasteiger partial charge on any atom is 0.248 e. The van der Waals surface area contributed by atoms with E-state index in [0.29, 0.717) is 17.1 Å². The monoisotopic (exact) mass is 271 g/mol. The number of nitrogens with two attached hydrogens (primary N) is 1. The molecule has 4 heteroatoms. The van der Waals surface area contributed by atoms with E-state index in [1.165, 1.54) is 0 Å². The fraction of sp³-hybridized carbons (Fsp3) is 0.188. The molecule has 2 aromatic carbocycles. The highest BCUT2D eigenvalue weighted by Crippen LogP contribution is 2.25. The van der Waals surface area contributed by atoms with Crippen LogP contribution in [0.3, 0.4) is 0 Å². The molecule has 2 aromatic rings. The SMILES string of the molecule is CC(C)Oc1cccc(Oc2ccc(C(N)=O)cc2)c1. The van der Waals surface area contributed by atoms with Gasteiger partial charge in [0.05, 0.1) is 6.10 Å². The number of amides is 1. The van der Waals surface area contributed by atoms with E-state index in [2.05, 4.69) is 0 Å². The minimum Gasteiger partial charge on any atom is -0.491 e. The van der Waals surface area contributed by atoms with E-state index in [1.807, 2.05) is 38.1 Å². The lowest BCUT2D eigenvalue weighted by Gasteiger charge is -2.11. The largest absolute Gasteiger partial charge is 0.491 e. The van der Waals surface area contributed by atoms with Gasteiger partial charge in [-0.25, -0.2) is 0 Å². The van der Waals surface area contributed by atoms with E-state index >= 15 is 0 Å². The molecule has 1 amide bonds. The second kappa shape index (κ2) is 6.10. The van der Waals surface area contributed by atoms with Gasteiger partial charge in [-0.1, -0.05) is 6.07 Å². The second-order valence-corrected chi connectivity index (χ2v) is 4.63. The molecule has 0 bridgehead atoms. The van der Waals surface area contributed by atoms with Crippen LogP contribution < -0.4 is 15.2 Å². The third-order valence-corrected chi connectivity index (χ3v) is 2.55. The molecule has 0 aromatic heterocycles.